The van der Waals surface area contributed by atoms with Crippen molar-refractivity contribution in [1.29, 1.82) is 0 Å². The van der Waals surface area contributed by atoms with E-state index in [9.17, 15) is 14.0 Å². The van der Waals surface area contributed by atoms with Gasteiger partial charge in [-0.05, 0) is 24.3 Å². The van der Waals surface area contributed by atoms with E-state index in [4.69, 9.17) is 0 Å². The second-order valence-corrected chi connectivity index (χ2v) is 6.19. The molecule has 0 bridgehead atoms. The summed E-state index contributed by atoms with van der Waals surface area (Å²) in [6.07, 6.45) is 0.457. The number of amides is 2. The van der Waals surface area contributed by atoms with Gasteiger partial charge in [-0.25, -0.2) is 4.39 Å². The minimum atomic E-state index is -0.377. The minimum Gasteiger partial charge on any atom is -0.354 e. The lowest BCUT2D eigenvalue weighted by atomic mass is 10.2. The summed E-state index contributed by atoms with van der Waals surface area (Å²) < 4.78 is 12.8. The van der Waals surface area contributed by atoms with Gasteiger partial charge in [0.2, 0.25) is 5.91 Å². The molecule has 0 radical (unpaired) electrons. The molecule has 8 heteroatoms. The molecule has 2 rings (SSSR count). The monoisotopic (exact) mass is 361 g/mol. The number of thioether (sulfide) groups is 1. The van der Waals surface area contributed by atoms with E-state index in [0.29, 0.717) is 25.1 Å². The highest BCUT2D eigenvalue weighted by molar-refractivity contribution is 7.99. The Balaban J connectivity index is 0.00000264. The molecule has 0 aliphatic carbocycles. The smallest absolute Gasteiger partial charge is 0.251 e. The van der Waals surface area contributed by atoms with Crippen LogP contribution in [-0.4, -0.2) is 49.0 Å². The Morgan fingerprint density at radius 1 is 1.22 bits per heavy atom. The summed E-state index contributed by atoms with van der Waals surface area (Å²) in [5, 5.41) is 8.77. The maximum absolute atomic E-state index is 12.8. The molecule has 0 aromatic heterocycles. The maximum atomic E-state index is 12.8. The third-order valence-electron chi connectivity index (χ3n) is 3.27. The molecule has 23 heavy (non-hydrogen) atoms. The molecule has 3 N–H and O–H groups in total. The number of carbonyl (C=O) groups excluding carboxylic acids is 2. The SMILES string of the molecule is Cl.O=C(CC1CSCCN1)NCCNC(=O)c1ccc(F)cc1. The van der Waals surface area contributed by atoms with Crippen LogP contribution in [0.5, 0.6) is 0 Å². The van der Waals surface area contributed by atoms with Crippen LogP contribution in [0.2, 0.25) is 0 Å². The molecule has 1 aromatic carbocycles. The number of hydrogen-bond donors (Lipinski definition) is 3. The molecule has 5 nitrogen and oxygen atoms in total. The molecule has 0 saturated carbocycles. The Labute approximate surface area is 145 Å². The van der Waals surface area contributed by atoms with Crippen LogP contribution in [0, 0.1) is 5.82 Å². The lowest BCUT2D eigenvalue weighted by Gasteiger charge is -2.22. The Kier molecular flexibility index (Phi) is 8.98. The van der Waals surface area contributed by atoms with E-state index >= 15 is 0 Å². The molecule has 128 valence electrons. The highest BCUT2D eigenvalue weighted by Gasteiger charge is 2.16. The third kappa shape index (κ3) is 7.20. The Morgan fingerprint density at radius 3 is 2.57 bits per heavy atom. The largest absolute Gasteiger partial charge is 0.354 e. The van der Waals surface area contributed by atoms with Crippen molar-refractivity contribution in [3.63, 3.8) is 0 Å². The van der Waals surface area contributed by atoms with Gasteiger partial charge in [-0.1, -0.05) is 0 Å². The van der Waals surface area contributed by atoms with Crippen LogP contribution in [0.25, 0.3) is 0 Å². The van der Waals surface area contributed by atoms with Gasteiger partial charge < -0.3 is 16.0 Å². The number of benzene rings is 1. The summed E-state index contributed by atoms with van der Waals surface area (Å²) in [7, 11) is 0. The molecule has 0 spiro atoms. The summed E-state index contributed by atoms with van der Waals surface area (Å²) in [4.78, 5) is 23.5. The van der Waals surface area contributed by atoms with E-state index in [1.807, 2.05) is 11.8 Å². The van der Waals surface area contributed by atoms with E-state index in [0.717, 1.165) is 18.1 Å². The second-order valence-electron chi connectivity index (χ2n) is 5.04. The predicted molar refractivity (Wildman–Crippen MR) is 92.7 cm³/mol. The van der Waals surface area contributed by atoms with E-state index in [1.165, 1.54) is 24.3 Å². The zero-order valence-electron chi connectivity index (χ0n) is 12.6. The van der Waals surface area contributed by atoms with Crippen molar-refractivity contribution in [2.24, 2.45) is 0 Å². The summed E-state index contributed by atoms with van der Waals surface area (Å²) >= 11 is 1.85. The van der Waals surface area contributed by atoms with Gasteiger partial charge in [0.25, 0.3) is 5.91 Å². The summed E-state index contributed by atoms with van der Waals surface area (Å²) in [6.45, 7) is 1.66. The van der Waals surface area contributed by atoms with Crippen molar-refractivity contribution in [2.45, 2.75) is 12.5 Å². The number of hydrogen-bond acceptors (Lipinski definition) is 4. The first-order valence-electron chi connectivity index (χ1n) is 7.27. The van der Waals surface area contributed by atoms with E-state index < -0.39 is 0 Å². The van der Waals surface area contributed by atoms with Gasteiger partial charge in [0.1, 0.15) is 5.82 Å². The van der Waals surface area contributed by atoms with Crippen molar-refractivity contribution in [1.82, 2.24) is 16.0 Å². The highest BCUT2D eigenvalue weighted by atomic mass is 35.5. The van der Waals surface area contributed by atoms with Crippen LogP contribution in [0.15, 0.2) is 24.3 Å². The number of nitrogens with one attached hydrogen (secondary N) is 3. The summed E-state index contributed by atoms with van der Waals surface area (Å²) in [5.74, 6) is 1.37. The van der Waals surface area contributed by atoms with Crippen LogP contribution >= 0.6 is 24.2 Å². The molecule has 1 atom stereocenters. The molecular weight excluding hydrogens is 341 g/mol. The van der Waals surface area contributed by atoms with Gasteiger partial charge in [0.05, 0.1) is 0 Å². The van der Waals surface area contributed by atoms with Crippen LogP contribution in [-0.2, 0) is 4.79 Å². The summed E-state index contributed by atoms with van der Waals surface area (Å²) in [5.41, 5.74) is 0.399. The molecule has 1 saturated heterocycles. The van der Waals surface area contributed by atoms with Crippen LogP contribution < -0.4 is 16.0 Å². The van der Waals surface area contributed by atoms with E-state index in [2.05, 4.69) is 16.0 Å². The van der Waals surface area contributed by atoms with Crippen molar-refractivity contribution in [3.8, 4) is 0 Å². The topological polar surface area (TPSA) is 70.2 Å². The molecule has 1 aliphatic heterocycles. The lowest BCUT2D eigenvalue weighted by Crippen LogP contribution is -2.42. The van der Waals surface area contributed by atoms with Gasteiger partial charge >= 0.3 is 0 Å². The van der Waals surface area contributed by atoms with Crippen molar-refractivity contribution >= 4 is 36.0 Å². The maximum Gasteiger partial charge on any atom is 0.251 e. The molecule has 1 heterocycles. The highest BCUT2D eigenvalue weighted by Crippen LogP contribution is 2.09. The van der Waals surface area contributed by atoms with Crippen LogP contribution in [0.1, 0.15) is 16.8 Å². The van der Waals surface area contributed by atoms with Crippen LogP contribution in [0.4, 0.5) is 4.39 Å². The normalized spacial score (nSPS) is 17.0. The van der Waals surface area contributed by atoms with Crippen LogP contribution in [0.3, 0.4) is 0 Å². The molecule has 1 aromatic rings. The molecule has 1 aliphatic rings. The standard InChI is InChI=1S/C15H20FN3O2S.ClH/c16-12-3-1-11(2-4-12)15(21)19-6-5-18-14(20)9-13-10-22-8-7-17-13;/h1-4,13,17H,5-10H2,(H,18,20)(H,19,21);1H. The Morgan fingerprint density at radius 2 is 1.91 bits per heavy atom. The fourth-order valence-corrected chi connectivity index (χ4v) is 3.08. The second kappa shape index (κ2) is 10.5. The minimum absolute atomic E-state index is 0. The first-order chi connectivity index (χ1) is 10.6. The molecular formula is C15H21ClFN3O2S. The fourth-order valence-electron chi connectivity index (χ4n) is 2.13. The Hall–Kier alpha value is -1.31. The van der Waals surface area contributed by atoms with E-state index in [-0.39, 0.29) is 36.1 Å². The van der Waals surface area contributed by atoms with Gasteiger partial charge in [0.15, 0.2) is 0 Å². The number of halogens is 2. The average Bonchev–Trinajstić information content (AvgIpc) is 2.53. The zero-order valence-corrected chi connectivity index (χ0v) is 14.3. The van der Waals surface area contributed by atoms with Gasteiger partial charge in [-0.2, -0.15) is 11.8 Å². The van der Waals surface area contributed by atoms with Gasteiger partial charge in [-0.3, -0.25) is 9.59 Å². The van der Waals surface area contributed by atoms with E-state index in [1.54, 1.807) is 0 Å². The van der Waals surface area contributed by atoms with Crippen molar-refractivity contribution < 1.29 is 14.0 Å². The zero-order chi connectivity index (χ0) is 15.8. The quantitative estimate of drug-likeness (QED) is 0.666. The molecule has 1 fully saturated rings. The Bertz CT molecular complexity index is 510. The molecule has 2 amide bonds. The lowest BCUT2D eigenvalue weighted by molar-refractivity contribution is -0.121. The van der Waals surface area contributed by atoms with Gasteiger partial charge in [0, 0.05) is 49.2 Å². The van der Waals surface area contributed by atoms with Gasteiger partial charge in [-0.15, -0.1) is 12.4 Å². The van der Waals surface area contributed by atoms with Crippen molar-refractivity contribution in [2.75, 3.05) is 31.1 Å². The first-order valence-corrected chi connectivity index (χ1v) is 8.42. The first kappa shape index (κ1) is 19.7. The molecule has 1 unspecified atom stereocenters. The number of rotatable bonds is 6. The predicted octanol–water partition coefficient (Wildman–Crippen LogP) is 1.19. The average molecular weight is 362 g/mol. The summed E-state index contributed by atoms with van der Waals surface area (Å²) in [6, 6.07) is 5.57. The fraction of sp³-hybridized carbons (Fsp3) is 0.467. The number of carbonyl (C=O) groups is 2. The third-order valence-corrected chi connectivity index (χ3v) is 4.40. The van der Waals surface area contributed by atoms with Crippen molar-refractivity contribution in [3.05, 3.63) is 35.6 Å².